The molecule has 0 fully saturated rings. The molecular weight excluding hydrogens is 264 g/mol. The van der Waals surface area contributed by atoms with Gasteiger partial charge in [0.2, 0.25) is 5.95 Å². The highest BCUT2D eigenvalue weighted by Crippen LogP contribution is 2.20. The summed E-state index contributed by atoms with van der Waals surface area (Å²) in [5.41, 5.74) is 1.89. The van der Waals surface area contributed by atoms with Crippen molar-refractivity contribution in [2.45, 2.75) is 20.8 Å². The maximum absolute atomic E-state index is 5.15. The molecule has 1 aromatic heterocycles. The third-order valence-corrected chi connectivity index (χ3v) is 2.89. The Balaban J connectivity index is 2.11. The van der Waals surface area contributed by atoms with Crippen LogP contribution in [-0.4, -0.2) is 23.6 Å². The Morgan fingerprint density at radius 2 is 1.86 bits per heavy atom. The van der Waals surface area contributed by atoms with Crippen molar-refractivity contribution in [2.24, 2.45) is 5.92 Å². The van der Waals surface area contributed by atoms with Gasteiger partial charge in [-0.1, -0.05) is 13.8 Å². The molecule has 0 amide bonds. The summed E-state index contributed by atoms with van der Waals surface area (Å²) in [6.45, 7) is 7.12. The predicted octanol–water partition coefficient (Wildman–Crippen LogP) is 3.61. The van der Waals surface area contributed by atoms with Gasteiger partial charge in [-0.05, 0) is 37.1 Å². The highest BCUT2D eigenvalue weighted by Gasteiger charge is 2.04. The van der Waals surface area contributed by atoms with Crippen molar-refractivity contribution >= 4 is 17.5 Å². The number of methoxy groups -OCH3 is 1. The van der Waals surface area contributed by atoms with Crippen LogP contribution in [0.1, 0.15) is 19.5 Å². The molecular formula is C16H22N4O. The Bertz CT molecular complexity index is 581. The molecule has 0 bridgehead atoms. The summed E-state index contributed by atoms with van der Waals surface area (Å²) in [5.74, 6) is 2.81. The number of benzene rings is 1. The fourth-order valence-electron chi connectivity index (χ4n) is 1.83. The fraction of sp³-hybridized carbons (Fsp3) is 0.375. The molecule has 0 saturated heterocycles. The number of ether oxygens (including phenoxy) is 1. The monoisotopic (exact) mass is 286 g/mol. The molecule has 0 aliphatic heterocycles. The molecule has 0 atom stereocenters. The van der Waals surface area contributed by atoms with E-state index in [2.05, 4.69) is 34.4 Å². The molecule has 21 heavy (non-hydrogen) atoms. The van der Waals surface area contributed by atoms with Gasteiger partial charge in [-0.3, -0.25) is 0 Å². The van der Waals surface area contributed by atoms with Crippen molar-refractivity contribution in [1.29, 1.82) is 0 Å². The van der Waals surface area contributed by atoms with Gasteiger partial charge in [0.1, 0.15) is 11.6 Å². The number of rotatable bonds is 6. The van der Waals surface area contributed by atoms with Gasteiger partial charge in [0.05, 0.1) is 7.11 Å². The molecule has 0 saturated carbocycles. The zero-order valence-corrected chi connectivity index (χ0v) is 13.0. The topological polar surface area (TPSA) is 59.1 Å². The fourth-order valence-corrected chi connectivity index (χ4v) is 1.83. The molecule has 0 aliphatic carbocycles. The van der Waals surface area contributed by atoms with E-state index in [0.29, 0.717) is 11.9 Å². The number of aromatic nitrogens is 2. The van der Waals surface area contributed by atoms with E-state index in [1.807, 2.05) is 37.3 Å². The second kappa shape index (κ2) is 6.92. The molecule has 112 valence electrons. The van der Waals surface area contributed by atoms with E-state index in [1.165, 1.54) is 0 Å². The normalized spacial score (nSPS) is 10.5. The van der Waals surface area contributed by atoms with Crippen LogP contribution in [0.15, 0.2) is 30.3 Å². The third kappa shape index (κ3) is 4.63. The van der Waals surface area contributed by atoms with E-state index in [4.69, 9.17) is 4.74 Å². The maximum Gasteiger partial charge on any atom is 0.224 e. The van der Waals surface area contributed by atoms with E-state index in [9.17, 15) is 0 Å². The summed E-state index contributed by atoms with van der Waals surface area (Å²) < 4.78 is 5.15. The first-order chi connectivity index (χ1) is 10.1. The molecule has 5 nitrogen and oxygen atoms in total. The van der Waals surface area contributed by atoms with Gasteiger partial charge in [0, 0.05) is 24.0 Å². The lowest BCUT2D eigenvalue weighted by molar-refractivity contribution is 0.415. The number of hydrogen-bond acceptors (Lipinski definition) is 5. The molecule has 1 aromatic carbocycles. The van der Waals surface area contributed by atoms with Gasteiger partial charge in [0.25, 0.3) is 0 Å². The van der Waals surface area contributed by atoms with Crippen molar-refractivity contribution < 1.29 is 4.74 Å². The lowest BCUT2D eigenvalue weighted by atomic mass is 10.2. The van der Waals surface area contributed by atoms with Crippen LogP contribution in [0, 0.1) is 12.8 Å². The van der Waals surface area contributed by atoms with Crippen molar-refractivity contribution in [3.63, 3.8) is 0 Å². The number of nitrogens with zero attached hydrogens (tertiary/aromatic N) is 2. The van der Waals surface area contributed by atoms with Gasteiger partial charge in [0.15, 0.2) is 0 Å². The van der Waals surface area contributed by atoms with Crippen LogP contribution in [0.25, 0.3) is 0 Å². The maximum atomic E-state index is 5.15. The Labute approximate surface area is 125 Å². The van der Waals surface area contributed by atoms with Gasteiger partial charge in [-0.15, -0.1) is 0 Å². The SMILES string of the molecule is COc1ccc(Nc2cc(C)nc(NCC(C)C)n2)cc1. The van der Waals surface area contributed by atoms with Gasteiger partial charge >= 0.3 is 0 Å². The summed E-state index contributed by atoms with van der Waals surface area (Å²) in [5, 5.41) is 6.52. The smallest absolute Gasteiger partial charge is 0.224 e. The zero-order chi connectivity index (χ0) is 15.2. The van der Waals surface area contributed by atoms with Crippen LogP contribution in [0.5, 0.6) is 5.75 Å². The third-order valence-electron chi connectivity index (χ3n) is 2.89. The number of aryl methyl sites for hydroxylation is 1. The molecule has 2 rings (SSSR count). The standard InChI is InChI=1S/C16H22N4O/c1-11(2)10-17-16-18-12(3)9-15(20-16)19-13-5-7-14(21-4)8-6-13/h5-9,11H,10H2,1-4H3,(H2,17,18,19,20). The van der Waals surface area contributed by atoms with Crippen LogP contribution in [0.3, 0.4) is 0 Å². The minimum atomic E-state index is 0.548. The number of nitrogens with one attached hydrogen (secondary N) is 2. The summed E-state index contributed by atoms with van der Waals surface area (Å²) in [7, 11) is 1.66. The van der Waals surface area contributed by atoms with Crippen molar-refractivity contribution in [3.8, 4) is 5.75 Å². The molecule has 0 radical (unpaired) electrons. The van der Waals surface area contributed by atoms with E-state index in [0.717, 1.165) is 29.5 Å². The molecule has 2 aromatic rings. The van der Waals surface area contributed by atoms with E-state index in [1.54, 1.807) is 7.11 Å². The number of hydrogen-bond donors (Lipinski definition) is 2. The number of anilines is 3. The molecule has 1 heterocycles. The first-order valence-electron chi connectivity index (χ1n) is 7.07. The summed E-state index contributed by atoms with van der Waals surface area (Å²) >= 11 is 0. The molecule has 0 aliphatic rings. The van der Waals surface area contributed by atoms with Crippen molar-refractivity contribution in [1.82, 2.24) is 9.97 Å². The summed E-state index contributed by atoms with van der Waals surface area (Å²) in [6, 6.07) is 9.66. The first kappa shape index (κ1) is 15.1. The van der Waals surface area contributed by atoms with E-state index >= 15 is 0 Å². The van der Waals surface area contributed by atoms with E-state index in [-0.39, 0.29) is 0 Å². The minimum Gasteiger partial charge on any atom is -0.497 e. The molecule has 0 spiro atoms. The van der Waals surface area contributed by atoms with Crippen LogP contribution < -0.4 is 15.4 Å². The second-order valence-electron chi connectivity index (χ2n) is 5.35. The molecule has 5 heteroatoms. The lowest BCUT2D eigenvalue weighted by Crippen LogP contribution is -2.11. The van der Waals surface area contributed by atoms with Gasteiger partial charge < -0.3 is 15.4 Å². The highest BCUT2D eigenvalue weighted by molar-refractivity contribution is 5.58. The Morgan fingerprint density at radius 1 is 1.14 bits per heavy atom. The van der Waals surface area contributed by atoms with Gasteiger partial charge in [-0.25, -0.2) is 4.98 Å². The average Bonchev–Trinajstić information content (AvgIpc) is 2.45. The second-order valence-corrected chi connectivity index (χ2v) is 5.35. The molecule has 2 N–H and O–H groups in total. The largest absolute Gasteiger partial charge is 0.497 e. The summed E-state index contributed by atoms with van der Waals surface area (Å²) in [4.78, 5) is 8.87. The predicted molar refractivity (Wildman–Crippen MR) is 86.4 cm³/mol. The quantitative estimate of drug-likeness (QED) is 0.849. The first-order valence-corrected chi connectivity index (χ1v) is 7.07. The summed E-state index contributed by atoms with van der Waals surface area (Å²) in [6.07, 6.45) is 0. The average molecular weight is 286 g/mol. The van der Waals surface area contributed by atoms with Crippen molar-refractivity contribution in [3.05, 3.63) is 36.0 Å². The Kier molecular flexibility index (Phi) is 4.98. The Hall–Kier alpha value is -2.30. The minimum absolute atomic E-state index is 0.548. The van der Waals surface area contributed by atoms with Crippen molar-refractivity contribution in [2.75, 3.05) is 24.3 Å². The zero-order valence-electron chi connectivity index (χ0n) is 13.0. The highest BCUT2D eigenvalue weighted by atomic mass is 16.5. The molecule has 0 unspecified atom stereocenters. The van der Waals surface area contributed by atoms with Crippen LogP contribution in [0.4, 0.5) is 17.5 Å². The van der Waals surface area contributed by atoms with Crippen LogP contribution >= 0.6 is 0 Å². The lowest BCUT2D eigenvalue weighted by Gasteiger charge is -2.11. The Morgan fingerprint density at radius 3 is 2.48 bits per heavy atom. The van der Waals surface area contributed by atoms with E-state index < -0.39 is 0 Å². The van der Waals surface area contributed by atoms with Gasteiger partial charge in [-0.2, -0.15) is 4.98 Å². The van der Waals surface area contributed by atoms with Crippen LogP contribution in [0.2, 0.25) is 0 Å². The van der Waals surface area contributed by atoms with Crippen LogP contribution in [-0.2, 0) is 0 Å².